The number of unbranched alkanes of at least 4 members (excludes halogenated alkanes) is 3. The first-order chi connectivity index (χ1) is 7.24. The molecule has 15 heavy (non-hydrogen) atoms. The average molecular weight is 215 g/mol. The van der Waals surface area contributed by atoms with Crippen molar-refractivity contribution < 1.29 is 9.53 Å². The number of esters is 1. The molecule has 90 valence electrons. The van der Waals surface area contributed by atoms with E-state index >= 15 is 0 Å². The highest BCUT2D eigenvalue weighted by Gasteiger charge is 2.00. The normalized spacial score (nSPS) is 10.7. The zero-order chi connectivity index (χ0) is 11.5. The van der Waals surface area contributed by atoms with Crippen LogP contribution in [-0.4, -0.2) is 37.6 Å². The Morgan fingerprint density at radius 1 is 1.07 bits per heavy atom. The van der Waals surface area contributed by atoms with Crippen molar-refractivity contribution in [3.8, 4) is 0 Å². The van der Waals surface area contributed by atoms with Gasteiger partial charge in [0.05, 0.1) is 7.11 Å². The summed E-state index contributed by atoms with van der Waals surface area (Å²) >= 11 is 0. The van der Waals surface area contributed by atoms with E-state index in [0.717, 1.165) is 25.9 Å². The highest BCUT2D eigenvalue weighted by atomic mass is 16.5. The van der Waals surface area contributed by atoms with E-state index < -0.39 is 0 Å². The van der Waals surface area contributed by atoms with Gasteiger partial charge in [-0.25, -0.2) is 0 Å². The average Bonchev–Trinajstić information content (AvgIpc) is 2.28. The topological polar surface area (TPSA) is 29.5 Å². The molecule has 0 aliphatic rings. The summed E-state index contributed by atoms with van der Waals surface area (Å²) in [6.07, 6.45) is 5.12. The second-order valence-corrected chi connectivity index (χ2v) is 3.77. The second kappa shape index (κ2) is 9.97. The number of carbonyl (C=O) groups excluding carboxylic acids is 1. The first-order valence-corrected chi connectivity index (χ1v) is 6.03. The number of methoxy groups -OCH3 is 1. The maximum absolute atomic E-state index is 10.8. The number of hydrogen-bond acceptors (Lipinski definition) is 3. The van der Waals surface area contributed by atoms with E-state index in [1.54, 1.807) is 0 Å². The lowest BCUT2D eigenvalue weighted by molar-refractivity contribution is -0.140. The summed E-state index contributed by atoms with van der Waals surface area (Å²) in [5.41, 5.74) is 0. The number of carbonyl (C=O) groups is 1. The van der Waals surface area contributed by atoms with Gasteiger partial charge in [0.25, 0.3) is 0 Å². The molecule has 0 aromatic carbocycles. The van der Waals surface area contributed by atoms with Crippen molar-refractivity contribution in [2.24, 2.45) is 0 Å². The molecule has 3 nitrogen and oxygen atoms in total. The Hall–Kier alpha value is -0.570. The van der Waals surface area contributed by atoms with Crippen LogP contribution in [-0.2, 0) is 9.53 Å². The molecule has 3 heteroatoms. The van der Waals surface area contributed by atoms with Gasteiger partial charge in [-0.15, -0.1) is 0 Å². The molecule has 0 radical (unpaired) electrons. The number of ether oxygens (including phenoxy) is 1. The molecule has 0 N–H and O–H groups in total. The predicted octanol–water partition coefficient (Wildman–Crippen LogP) is 2.45. The Kier molecular flexibility index (Phi) is 9.59. The van der Waals surface area contributed by atoms with Gasteiger partial charge in [0, 0.05) is 6.42 Å². The molecule has 0 aromatic rings. The highest BCUT2D eigenvalue weighted by molar-refractivity contribution is 5.68. The second-order valence-electron chi connectivity index (χ2n) is 3.77. The molecule has 0 spiro atoms. The molecule has 0 aliphatic heterocycles. The fourth-order valence-corrected chi connectivity index (χ4v) is 1.60. The van der Waals surface area contributed by atoms with Gasteiger partial charge >= 0.3 is 5.97 Å². The van der Waals surface area contributed by atoms with Crippen molar-refractivity contribution in [2.75, 3.05) is 26.7 Å². The lowest BCUT2D eigenvalue weighted by Crippen LogP contribution is -2.23. The summed E-state index contributed by atoms with van der Waals surface area (Å²) in [6.45, 7) is 7.85. The fourth-order valence-electron chi connectivity index (χ4n) is 1.60. The summed E-state index contributed by atoms with van der Waals surface area (Å²) in [5, 5.41) is 0. The van der Waals surface area contributed by atoms with Gasteiger partial charge in [-0.3, -0.25) is 4.79 Å². The summed E-state index contributed by atoms with van der Waals surface area (Å²) < 4.78 is 4.58. The maximum Gasteiger partial charge on any atom is 0.305 e. The quantitative estimate of drug-likeness (QED) is 0.437. The van der Waals surface area contributed by atoms with Gasteiger partial charge in [0.15, 0.2) is 0 Å². The van der Waals surface area contributed by atoms with E-state index in [4.69, 9.17) is 0 Å². The molecule has 0 heterocycles. The molecular formula is C12H25NO2. The summed E-state index contributed by atoms with van der Waals surface area (Å²) in [7, 11) is 1.45. The van der Waals surface area contributed by atoms with Gasteiger partial charge < -0.3 is 9.64 Å². The molecule has 0 unspecified atom stereocenters. The lowest BCUT2D eigenvalue weighted by Gasteiger charge is -2.17. The smallest absolute Gasteiger partial charge is 0.305 e. The standard InChI is InChI=1S/C12H25NO2/c1-4-13(5-2)11-9-7-6-8-10-12(14)15-3/h4-11H2,1-3H3. The minimum absolute atomic E-state index is 0.0845. The maximum atomic E-state index is 10.8. The highest BCUT2D eigenvalue weighted by Crippen LogP contribution is 2.04. The summed E-state index contributed by atoms with van der Waals surface area (Å²) in [4.78, 5) is 13.2. The molecule has 0 saturated carbocycles. The predicted molar refractivity (Wildman–Crippen MR) is 62.9 cm³/mol. The van der Waals surface area contributed by atoms with Crippen LogP contribution in [0.15, 0.2) is 0 Å². The number of hydrogen-bond donors (Lipinski definition) is 0. The van der Waals surface area contributed by atoms with Crippen molar-refractivity contribution in [1.82, 2.24) is 4.90 Å². The first kappa shape index (κ1) is 14.4. The zero-order valence-electron chi connectivity index (χ0n) is 10.4. The lowest BCUT2D eigenvalue weighted by atomic mass is 10.1. The van der Waals surface area contributed by atoms with E-state index in [0.29, 0.717) is 6.42 Å². The minimum atomic E-state index is -0.0845. The van der Waals surface area contributed by atoms with Gasteiger partial charge in [-0.05, 0) is 32.5 Å². The van der Waals surface area contributed by atoms with E-state index in [1.165, 1.54) is 26.5 Å². The van der Waals surface area contributed by atoms with Crippen molar-refractivity contribution >= 4 is 5.97 Å². The van der Waals surface area contributed by atoms with E-state index in [-0.39, 0.29) is 5.97 Å². The SMILES string of the molecule is CCN(CC)CCCCCCC(=O)OC. The molecular weight excluding hydrogens is 190 g/mol. The fraction of sp³-hybridized carbons (Fsp3) is 0.917. The van der Waals surface area contributed by atoms with Gasteiger partial charge in [0.1, 0.15) is 0 Å². The van der Waals surface area contributed by atoms with Crippen LogP contribution in [0.3, 0.4) is 0 Å². The van der Waals surface area contributed by atoms with Crippen LogP contribution < -0.4 is 0 Å². The largest absolute Gasteiger partial charge is 0.469 e. The Morgan fingerprint density at radius 3 is 2.20 bits per heavy atom. The van der Waals surface area contributed by atoms with Gasteiger partial charge in [-0.1, -0.05) is 26.7 Å². The Morgan fingerprint density at radius 2 is 1.67 bits per heavy atom. The van der Waals surface area contributed by atoms with Crippen molar-refractivity contribution in [3.05, 3.63) is 0 Å². The van der Waals surface area contributed by atoms with E-state index in [9.17, 15) is 4.79 Å². The number of rotatable bonds is 9. The summed E-state index contributed by atoms with van der Waals surface area (Å²) in [6, 6.07) is 0. The molecule has 0 rings (SSSR count). The van der Waals surface area contributed by atoms with Crippen molar-refractivity contribution in [2.45, 2.75) is 46.0 Å². The molecule has 0 saturated heterocycles. The molecule has 0 atom stereocenters. The molecule has 0 bridgehead atoms. The monoisotopic (exact) mass is 215 g/mol. The van der Waals surface area contributed by atoms with Gasteiger partial charge in [0.2, 0.25) is 0 Å². The van der Waals surface area contributed by atoms with Crippen LogP contribution in [0.1, 0.15) is 46.0 Å². The van der Waals surface area contributed by atoms with Gasteiger partial charge in [-0.2, -0.15) is 0 Å². The third-order valence-corrected chi connectivity index (χ3v) is 2.73. The van der Waals surface area contributed by atoms with Crippen molar-refractivity contribution in [1.29, 1.82) is 0 Å². The van der Waals surface area contributed by atoms with Crippen LogP contribution in [0.2, 0.25) is 0 Å². The Labute approximate surface area is 93.8 Å². The molecule has 0 amide bonds. The molecule has 0 fully saturated rings. The third-order valence-electron chi connectivity index (χ3n) is 2.73. The first-order valence-electron chi connectivity index (χ1n) is 6.03. The Bertz CT molecular complexity index is 156. The van der Waals surface area contributed by atoms with E-state index in [1.807, 2.05) is 0 Å². The molecule has 0 aliphatic carbocycles. The summed E-state index contributed by atoms with van der Waals surface area (Å²) in [5.74, 6) is -0.0845. The Balaban J connectivity index is 3.21. The van der Waals surface area contributed by atoms with Crippen LogP contribution in [0.5, 0.6) is 0 Å². The van der Waals surface area contributed by atoms with Crippen LogP contribution in [0.4, 0.5) is 0 Å². The van der Waals surface area contributed by atoms with Crippen LogP contribution in [0, 0.1) is 0 Å². The molecule has 0 aromatic heterocycles. The van der Waals surface area contributed by atoms with E-state index in [2.05, 4.69) is 23.5 Å². The third kappa shape index (κ3) is 8.43. The number of nitrogens with zero attached hydrogens (tertiary/aromatic N) is 1. The minimum Gasteiger partial charge on any atom is -0.469 e. The van der Waals surface area contributed by atoms with Crippen LogP contribution >= 0.6 is 0 Å². The van der Waals surface area contributed by atoms with Crippen molar-refractivity contribution in [3.63, 3.8) is 0 Å². The zero-order valence-corrected chi connectivity index (χ0v) is 10.4. The van der Waals surface area contributed by atoms with Crippen LogP contribution in [0.25, 0.3) is 0 Å².